The molecule has 31 heavy (non-hydrogen) atoms. The normalized spacial score (nSPS) is 18.8. The van der Waals surface area contributed by atoms with Crippen molar-refractivity contribution >= 4 is 22.6 Å². The first-order chi connectivity index (χ1) is 15.1. The van der Waals surface area contributed by atoms with E-state index in [9.17, 15) is 9.59 Å². The number of likely N-dealkylation sites (tertiary alicyclic amines) is 1. The van der Waals surface area contributed by atoms with Crippen molar-refractivity contribution in [3.63, 3.8) is 0 Å². The van der Waals surface area contributed by atoms with Gasteiger partial charge < -0.3 is 10.1 Å². The zero-order valence-electron chi connectivity index (χ0n) is 18.0. The molecule has 4 rings (SSSR count). The highest BCUT2D eigenvalue weighted by Gasteiger charge is 2.38. The summed E-state index contributed by atoms with van der Waals surface area (Å²) in [5, 5.41) is 5.10. The first kappa shape index (κ1) is 21.1. The third-order valence-corrected chi connectivity index (χ3v) is 6.06. The highest BCUT2D eigenvalue weighted by atomic mass is 16.5. The number of methoxy groups -OCH3 is 1. The number of aryl methyl sites for hydroxylation is 1. The molecule has 0 bridgehead atoms. The summed E-state index contributed by atoms with van der Waals surface area (Å²) in [6.45, 7) is 3.38. The summed E-state index contributed by atoms with van der Waals surface area (Å²) < 4.78 is 5.04. The maximum atomic E-state index is 13.1. The van der Waals surface area contributed by atoms with Crippen molar-refractivity contribution < 1.29 is 14.3 Å². The number of benzene rings is 3. The molecule has 5 nitrogen and oxygen atoms in total. The van der Waals surface area contributed by atoms with E-state index in [4.69, 9.17) is 4.74 Å². The summed E-state index contributed by atoms with van der Waals surface area (Å²) in [4.78, 5) is 27.6. The third-order valence-electron chi connectivity index (χ3n) is 6.06. The minimum Gasteiger partial charge on any atom is -0.468 e. The van der Waals surface area contributed by atoms with E-state index in [2.05, 4.69) is 41.4 Å². The average molecular weight is 417 g/mol. The Bertz CT molecular complexity index is 1070. The molecule has 1 heterocycles. The topological polar surface area (TPSA) is 58.6 Å². The number of hydrogen-bond donors (Lipinski definition) is 1. The van der Waals surface area contributed by atoms with Gasteiger partial charge in [0.05, 0.1) is 7.11 Å². The fourth-order valence-electron chi connectivity index (χ4n) is 4.37. The Kier molecular flexibility index (Phi) is 6.33. The van der Waals surface area contributed by atoms with E-state index in [1.807, 2.05) is 42.5 Å². The van der Waals surface area contributed by atoms with Crippen LogP contribution in [0.15, 0.2) is 66.7 Å². The van der Waals surface area contributed by atoms with Crippen molar-refractivity contribution in [2.24, 2.45) is 0 Å². The molecule has 0 unspecified atom stereocenters. The van der Waals surface area contributed by atoms with Gasteiger partial charge in [0.25, 0.3) is 5.91 Å². The Morgan fingerprint density at radius 1 is 1.00 bits per heavy atom. The molecule has 1 aliphatic rings. The Morgan fingerprint density at radius 3 is 2.45 bits per heavy atom. The Balaban J connectivity index is 1.49. The molecule has 1 saturated heterocycles. The van der Waals surface area contributed by atoms with Crippen LogP contribution in [0.2, 0.25) is 0 Å². The van der Waals surface area contributed by atoms with E-state index < -0.39 is 0 Å². The van der Waals surface area contributed by atoms with E-state index in [1.54, 1.807) is 0 Å². The standard InChI is InChI=1S/C26H28N2O3/c1-3-18-11-13-19(14-12-18)16-28-17-21(15-24(28)26(30)31-2)27-25(29)23-10-6-8-20-7-4-5-9-22(20)23/h4-14,21,24H,3,15-17H2,1-2H3,(H,27,29)/t21-,24-/m0/s1. The van der Waals surface area contributed by atoms with Gasteiger partial charge in [-0.1, -0.05) is 67.6 Å². The van der Waals surface area contributed by atoms with Crippen molar-refractivity contribution in [3.8, 4) is 0 Å². The third kappa shape index (κ3) is 4.62. The highest BCUT2D eigenvalue weighted by molar-refractivity contribution is 6.07. The van der Waals surface area contributed by atoms with Crippen molar-refractivity contribution in [2.75, 3.05) is 13.7 Å². The van der Waals surface area contributed by atoms with Crippen LogP contribution >= 0.6 is 0 Å². The van der Waals surface area contributed by atoms with Crippen molar-refractivity contribution in [3.05, 3.63) is 83.4 Å². The molecule has 1 fully saturated rings. The van der Waals surface area contributed by atoms with Crippen LogP contribution in [0, 0.1) is 0 Å². The predicted molar refractivity (Wildman–Crippen MR) is 122 cm³/mol. The van der Waals surface area contributed by atoms with Gasteiger partial charge in [0.15, 0.2) is 0 Å². The van der Waals surface area contributed by atoms with Gasteiger partial charge in [-0.05, 0) is 40.8 Å². The molecule has 0 radical (unpaired) electrons. The number of nitrogens with zero attached hydrogens (tertiary/aromatic N) is 1. The molecular weight excluding hydrogens is 388 g/mol. The van der Waals surface area contributed by atoms with Crippen LogP contribution in [0.3, 0.4) is 0 Å². The largest absolute Gasteiger partial charge is 0.468 e. The van der Waals surface area contributed by atoms with Gasteiger partial charge >= 0.3 is 5.97 Å². The van der Waals surface area contributed by atoms with Gasteiger partial charge in [-0.25, -0.2) is 0 Å². The van der Waals surface area contributed by atoms with Gasteiger partial charge in [-0.15, -0.1) is 0 Å². The second kappa shape index (κ2) is 9.31. The molecule has 3 aromatic rings. The second-order valence-electron chi connectivity index (χ2n) is 8.07. The molecule has 0 spiro atoms. The fourth-order valence-corrected chi connectivity index (χ4v) is 4.37. The number of carbonyl (C=O) groups is 2. The lowest BCUT2D eigenvalue weighted by Crippen LogP contribution is -2.37. The highest BCUT2D eigenvalue weighted by Crippen LogP contribution is 2.24. The number of amides is 1. The maximum Gasteiger partial charge on any atom is 0.323 e. The molecule has 0 aromatic heterocycles. The molecule has 0 aliphatic carbocycles. The van der Waals surface area contributed by atoms with Crippen molar-refractivity contribution in [1.82, 2.24) is 10.2 Å². The van der Waals surface area contributed by atoms with Crippen LogP contribution in [-0.4, -0.2) is 42.5 Å². The van der Waals surface area contributed by atoms with Crippen molar-refractivity contribution in [2.45, 2.75) is 38.4 Å². The van der Waals surface area contributed by atoms with Gasteiger partial charge in [0.2, 0.25) is 0 Å². The van der Waals surface area contributed by atoms with Crippen LogP contribution in [0.1, 0.15) is 34.8 Å². The van der Waals surface area contributed by atoms with Gasteiger partial charge in [-0.2, -0.15) is 0 Å². The number of ether oxygens (including phenoxy) is 1. The lowest BCUT2D eigenvalue weighted by molar-refractivity contribution is -0.146. The number of carbonyl (C=O) groups excluding carboxylic acids is 2. The summed E-state index contributed by atoms with van der Waals surface area (Å²) in [5.74, 6) is -0.369. The van der Waals surface area contributed by atoms with E-state index in [-0.39, 0.29) is 24.0 Å². The molecule has 1 N–H and O–H groups in total. The van der Waals surface area contributed by atoms with E-state index >= 15 is 0 Å². The zero-order chi connectivity index (χ0) is 21.8. The molecule has 160 valence electrons. The predicted octanol–water partition coefficient (Wildman–Crippen LogP) is 3.95. The van der Waals surface area contributed by atoms with Crippen LogP contribution in [-0.2, 0) is 22.5 Å². The van der Waals surface area contributed by atoms with Crippen LogP contribution in [0.25, 0.3) is 10.8 Å². The van der Waals surface area contributed by atoms with E-state index in [0.29, 0.717) is 25.1 Å². The average Bonchev–Trinajstić information content (AvgIpc) is 3.20. The maximum absolute atomic E-state index is 13.1. The Hall–Kier alpha value is -3.18. The quantitative estimate of drug-likeness (QED) is 0.618. The zero-order valence-corrected chi connectivity index (χ0v) is 18.0. The Labute approximate surface area is 183 Å². The summed E-state index contributed by atoms with van der Waals surface area (Å²) >= 11 is 0. The lowest BCUT2D eigenvalue weighted by atomic mass is 10.0. The van der Waals surface area contributed by atoms with E-state index in [0.717, 1.165) is 22.8 Å². The van der Waals surface area contributed by atoms with Crippen molar-refractivity contribution in [1.29, 1.82) is 0 Å². The first-order valence-corrected chi connectivity index (χ1v) is 10.8. The first-order valence-electron chi connectivity index (χ1n) is 10.8. The van der Waals surface area contributed by atoms with Gasteiger partial charge in [0, 0.05) is 24.7 Å². The molecule has 0 saturated carbocycles. The monoisotopic (exact) mass is 416 g/mol. The van der Waals surface area contributed by atoms with Crippen LogP contribution < -0.4 is 5.32 Å². The molecule has 1 aliphatic heterocycles. The smallest absolute Gasteiger partial charge is 0.323 e. The lowest BCUT2D eigenvalue weighted by Gasteiger charge is -2.22. The molecule has 2 atom stereocenters. The summed E-state index contributed by atoms with van der Waals surface area (Å²) in [6.07, 6.45) is 1.53. The van der Waals surface area contributed by atoms with Crippen LogP contribution in [0.5, 0.6) is 0 Å². The number of fused-ring (bicyclic) bond motifs is 1. The number of hydrogen-bond acceptors (Lipinski definition) is 4. The minimum atomic E-state index is -0.367. The van der Waals surface area contributed by atoms with E-state index in [1.165, 1.54) is 12.7 Å². The molecular formula is C26H28N2O3. The SMILES string of the molecule is CCc1ccc(CN2C[C@@H](NC(=O)c3cccc4ccccc34)C[C@H]2C(=O)OC)cc1. The van der Waals surface area contributed by atoms with Crippen LogP contribution in [0.4, 0.5) is 0 Å². The fraction of sp³-hybridized carbons (Fsp3) is 0.308. The van der Waals surface area contributed by atoms with Gasteiger partial charge in [0.1, 0.15) is 6.04 Å². The molecule has 1 amide bonds. The second-order valence-corrected chi connectivity index (χ2v) is 8.07. The molecule has 5 heteroatoms. The Morgan fingerprint density at radius 2 is 1.71 bits per heavy atom. The molecule has 3 aromatic carbocycles. The number of nitrogens with one attached hydrogen (secondary N) is 1. The summed E-state index contributed by atoms with van der Waals surface area (Å²) in [7, 11) is 1.42. The minimum absolute atomic E-state index is 0.112. The summed E-state index contributed by atoms with van der Waals surface area (Å²) in [6, 6.07) is 21.6. The number of rotatable bonds is 6. The number of esters is 1. The summed E-state index contributed by atoms with van der Waals surface area (Å²) in [5.41, 5.74) is 3.09. The van der Waals surface area contributed by atoms with Gasteiger partial charge in [-0.3, -0.25) is 14.5 Å².